The molecule has 5 atom stereocenters. The molecule has 0 unspecified atom stereocenters. The van der Waals surface area contributed by atoms with Gasteiger partial charge in [-0.15, -0.1) is 0 Å². The molecular formula is C33H36O12. The molecule has 0 aliphatic carbocycles. The van der Waals surface area contributed by atoms with Gasteiger partial charge in [-0.2, -0.15) is 0 Å². The first-order chi connectivity index (χ1) is 21.2. The van der Waals surface area contributed by atoms with Crippen LogP contribution < -0.4 is 4.74 Å². The van der Waals surface area contributed by atoms with Crippen molar-refractivity contribution in [3.8, 4) is 5.75 Å². The fraction of sp³-hybridized carbons (Fsp3) is 0.424. The lowest BCUT2D eigenvalue weighted by atomic mass is 9.89. The van der Waals surface area contributed by atoms with E-state index in [0.717, 1.165) is 48.4 Å². The molecule has 12 heteroatoms. The van der Waals surface area contributed by atoms with Crippen molar-refractivity contribution in [3.05, 3.63) is 64.4 Å². The smallest absolute Gasteiger partial charge is 0.308 e. The third-order valence-corrected chi connectivity index (χ3v) is 7.19. The Hall–Kier alpha value is -4.71. The molecule has 0 N–H and O–H groups in total. The molecule has 0 amide bonds. The normalized spacial score (nSPS) is 21.1. The number of benzene rings is 2. The topological polar surface area (TPSA) is 154 Å². The van der Waals surface area contributed by atoms with E-state index < -0.39 is 67.0 Å². The van der Waals surface area contributed by atoms with E-state index in [4.69, 9.17) is 32.8 Å². The van der Waals surface area contributed by atoms with E-state index >= 15 is 0 Å². The van der Waals surface area contributed by atoms with E-state index in [2.05, 4.69) is 0 Å². The van der Waals surface area contributed by atoms with Crippen LogP contribution in [-0.4, -0.2) is 60.9 Å². The Morgan fingerprint density at radius 2 is 1.33 bits per heavy atom. The highest BCUT2D eigenvalue weighted by atomic mass is 16.7. The third-order valence-electron chi connectivity index (χ3n) is 7.19. The molecule has 0 bridgehead atoms. The molecule has 4 rings (SSSR count). The zero-order chi connectivity index (χ0) is 33.0. The summed E-state index contributed by atoms with van der Waals surface area (Å²) in [6.45, 7) is 9.49. The van der Waals surface area contributed by atoms with Crippen molar-refractivity contribution in [2.75, 3.05) is 6.61 Å². The number of hydrogen-bond donors (Lipinski definition) is 0. The summed E-state index contributed by atoms with van der Waals surface area (Å²) in [4.78, 5) is 60.6. The molecule has 2 heterocycles. The predicted octanol–water partition coefficient (Wildman–Crippen LogP) is 4.36. The first kappa shape index (κ1) is 33.2. The Balaban J connectivity index is 1.83. The predicted molar refractivity (Wildman–Crippen MR) is 157 cm³/mol. The van der Waals surface area contributed by atoms with Gasteiger partial charge in [0.15, 0.2) is 18.3 Å². The van der Waals surface area contributed by atoms with Crippen LogP contribution in [0.2, 0.25) is 0 Å². The van der Waals surface area contributed by atoms with E-state index in [1.807, 2.05) is 32.0 Å². The molecule has 1 aromatic heterocycles. The van der Waals surface area contributed by atoms with Crippen LogP contribution in [0, 0.1) is 13.8 Å². The average molecular weight is 625 g/mol. The number of rotatable bonds is 9. The van der Waals surface area contributed by atoms with E-state index in [9.17, 15) is 24.0 Å². The zero-order valence-corrected chi connectivity index (χ0v) is 26.2. The van der Waals surface area contributed by atoms with Crippen LogP contribution in [0.5, 0.6) is 5.75 Å². The highest BCUT2D eigenvalue weighted by Crippen LogP contribution is 2.41. The Bertz CT molecular complexity index is 1580. The van der Waals surface area contributed by atoms with E-state index in [1.165, 1.54) is 13.8 Å². The molecule has 0 spiro atoms. The molecule has 3 aromatic rings. The summed E-state index contributed by atoms with van der Waals surface area (Å²) in [5.74, 6) is -2.76. The second-order valence-corrected chi connectivity index (χ2v) is 10.9. The van der Waals surface area contributed by atoms with Crippen LogP contribution in [0.15, 0.2) is 40.8 Å². The van der Waals surface area contributed by atoms with Gasteiger partial charge in [0.25, 0.3) is 0 Å². The lowest BCUT2D eigenvalue weighted by molar-refractivity contribution is -0.254. The first-order valence-electron chi connectivity index (χ1n) is 14.3. The second kappa shape index (κ2) is 13.9. The van der Waals surface area contributed by atoms with Gasteiger partial charge >= 0.3 is 29.8 Å². The number of ether oxygens (including phenoxy) is 6. The van der Waals surface area contributed by atoms with Gasteiger partial charge in [-0.3, -0.25) is 24.0 Å². The van der Waals surface area contributed by atoms with Gasteiger partial charge in [-0.05, 0) is 60.9 Å². The Labute approximate surface area is 259 Å². The fourth-order valence-corrected chi connectivity index (χ4v) is 5.30. The maximum Gasteiger partial charge on any atom is 0.308 e. The number of furan rings is 1. The number of esters is 5. The summed E-state index contributed by atoms with van der Waals surface area (Å²) >= 11 is 0. The van der Waals surface area contributed by atoms with Gasteiger partial charge in [0.1, 0.15) is 35.9 Å². The van der Waals surface area contributed by atoms with Crippen LogP contribution in [0.25, 0.3) is 11.0 Å². The second-order valence-electron chi connectivity index (χ2n) is 10.9. The number of fused-ring (bicyclic) bond motifs is 1. The summed E-state index contributed by atoms with van der Waals surface area (Å²) in [7, 11) is 0. The van der Waals surface area contributed by atoms with Crippen LogP contribution >= 0.6 is 0 Å². The van der Waals surface area contributed by atoms with Crippen LogP contribution in [0.4, 0.5) is 0 Å². The minimum Gasteiger partial charge on any atom is -0.463 e. The summed E-state index contributed by atoms with van der Waals surface area (Å²) < 4.78 is 39.8. The molecule has 2 aromatic carbocycles. The minimum absolute atomic E-state index is 0.0861. The van der Waals surface area contributed by atoms with Gasteiger partial charge in [-0.25, -0.2) is 0 Å². The summed E-state index contributed by atoms with van der Waals surface area (Å²) in [5.41, 5.74) is 3.96. The van der Waals surface area contributed by atoms with Gasteiger partial charge < -0.3 is 32.8 Å². The summed E-state index contributed by atoms with van der Waals surface area (Å²) in [5, 5.41) is 0.949. The van der Waals surface area contributed by atoms with Gasteiger partial charge in [0, 0.05) is 52.0 Å². The molecule has 12 nitrogen and oxygen atoms in total. The number of carbonyl (C=O) groups excluding carboxylic acids is 5. The molecule has 1 aliphatic heterocycles. The Kier molecular flexibility index (Phi) is 10.3. The SMILES string of the molecule is CC(=O)OC[C@H]1O[C@@H](c2cc(Cc3cc4cc(C)c(C)cc4o3)ccc2OC(C)=O)[C@H](OC(C)=O)[C@@H](OC(C)=O)[C@@H]1OC(C)=O. The maximum absolute atomic E-state index is 12.4. The van der Waals surface area contributed by atoms with E-state index in [1.54, 1.807) is 18.2 Å². The molecule has 240 valence electrons. The average Bonchev–Trinajstić information content (AvgIpc) is 3.30. The lowest BCUT2D eigenvalue weighted by Gasteiger charge is -2.44. The van der Waals surface area contributed by atoms with Crippen LogP contribution in [0.1, 0.15) is 68.7 Å². The summed E-state index contributed by atoms with van der Waals surface area (Å²) in [6.07, 6.45) is -6.15. The highest BCUT2D eigenvalue weighted by Gasteiger charge is 2.53. The number of aryl methyl sites for hydroxylation is 2. The van der Waals surface area contributed by atoms with E-state index in [-0.39, 0.29) is 11.3 Å². The summed E-state index contributed by atoms with van der Waals surface area (Å²) in [6, 6.07) is 11.0. The van der Waals surface area contributed by atoms with Crippen molar-refractivity contribution in [1.29, 1.82) is 0 Å². The molecule has 1 saturated heterocycles. The number of carbonyl (C=O) groups is 5. The maximum atomic E-state index is 12.4. The standard InChI is InChI=1S/C33H36O12/c1-16-10-24-14-25(44-28(24)11-17(16)2)12-23-8-9-27(40-19(4)35)26(13-23)30-32(42-21(6)37)33(43-22(7)38)31(41-20(5)36)29(45-30)15-39-18(3)34/h8-11,13-14,29-33H,12,15H2,1-7H3/t29-,30+,31-,32+,33+/m1/s1. The zero-order valence-electron chi connectivity index (χ0n) is 26.2. The minimum atomic E-state index is -1.38. The monoisotopic (exact) mass is 624 g/mol. The largest absolute Gasteiger partial charge is 0.463 e. The first-order valence-corrected chi connectivity index (χ1v) is 14.3. The molecule has 1 fully saturated rings. The van der Waals surface area contributed by atoms with Crippen molar-refractivity contribution in [1.82, 2.24) is 0 Å². The van der Waals surface area contributed by atoms with Crippen LogP contribution in [0.3, 0.4) is 0 Å². The van der Waals surface area contributed by atoms with Crippen molar-refractivity contribution in [3.63, 3.8) is 0 Å². The van der Waals surface area contributed by atoms with Crippen LogP contribution in [-0.2, 0) is 54.1 Å². The number of hydrogen-bond acceptors (Lipinski definition) is 12. The molecule has 1 aliphatic rings. The van der Waals surface area contributed by atoms with Crippen molar-refractivity contribution >= 4 is 40.8 Å². The highest BCUT2D eigenvalue weighted by molar-refractivity contribution is 5.80. The molecule has 0 saturated carbocycles. The lowest BCUT2D eigenvalue weighted by Crippen LogP contribution is -2.59. The van der Waals surface area contributed by atoms with Gasteiger partial charge in [-0.1, -0.05) is 6.07 Å². The quantitative estimate of drug-likeness (QED) is 0.189. The molecular weight excluding hydrogens is 588 g/mol. The fourth-order valence-electron chi connectivity index (χ4n) is 5.30. The van der Waals surface area contributed by atoms with Crippen molar-refractivity contribution < 1.29 is 56.8 Å². The van der Waals surface area contributed by atoms with Crippen molar-refractivity contribution in [2.45, 2.75) is 85.4 Å². The third kappa shape index (κ3) is 8.27. The Morgan fingerprint density at radius 3 is 1.96 bits per heavy atom. The van der Waals surface area contributed by atoms with E-state index in [0.29, 0.717) is 12.2 Å². The van der Waals surface area contributed by atoms with Crippen molar-refractivity contribution in [2.24, 2.45) is 0 Å². The molecule has 45 heavy (non-hydrogen) atoms. The van der Waals surface area contributed by atoms with Gasteiger partial charge in [0.05, 0.1) is 0 Å². The Morgan fingerprint density at radius 1 is 0.711 bits per heavy atom. The molecule has 0 radical (unpaired) electrons. The van der Waals surface area contributed by atoms with Gasteiger partial charge in [0.2, 0.25) is 0 Å².